The molecule has 7 aromatic carbocycles. The third kappa shape index (κ3) is 5.73. The Labute approximate surface area is 422 Å². The number of hydrogen-bond acceptors (Lipinski definition) is 10. The summed E-state index contributed by atoms with van der Waals surface area (Å²) in [6.07, 6.45) is 0. The standard InChI is InChI=1S/C62H52N2O10/c1-29(2)61-37-13-11-12-14-38(37)62(30(3)4,43-28-54-53(27-42(43)61)73-49-23-35-36(24-50(49)74-54)58(70)64(57(35)69)60(8,9)10)41-26-52-51(25-40(41)61)71-47-21-33-34(22-48(47)72-52)56(68)63(55(33)67)44-18-16-32(20-46(44)66)31-15-17-39(45(65)19-31)59(5,6)7/h11-30,65-66H,1-10H3. The summed E-state index contributed by atoms with van der Waals surface area (Å²) in [7, 11) is 0. The quantitative estimate of drug-likeness (QED) is 0.162. The van der Waals surface area contributed by atoms with Crippen LogP contribution < -0.4 is 22.2 Å². The van der Waals surface area contributed by atoms with E-state index in [1.54, 1.807) is 24.3 Å². The van der Waals surface area contributed by atoms with E-state index in [4.69, 9.17) is 17.7 Å². The fourth-order valence-corrected chi connectivity index (χ4v) is 13.0. The molecule has 3 aliphatic carbocycles. The number of phenolic OH excluding ortho intramolecular Hbond substituents is 2. The first-order chi connectivity index (χ1) is 35.0. The molecule has 11 aromatic rings. The lowest BCUT2D eigenvalue weighted by molar-refractivity contribution is 0.325. The average molecular weight is 985 g/mol. The van der Waals surface area contributed by atoms with Crippen molar-refractivity contribution >= 4 is 66.2 Å². The lowest BCUT2D eigenvalue weighted by atomic mass is 9.42. The zero-order valence-corrected chi connectivity index (χ0v) is 42.6. The van der Waals surface area contributed by atoms with Gasteiger partial charge in [0, 0.05) is 16.4 Å². The molecular formula is C62H52N2O10. The Balaban J connectivity index is 1.00. The molecule has 0 fully saturated rings. The number of phenols is 2. The zero-order valence-electron chi connectivity index (χ0n) is 42.6. The highest BCUT2D eigenvalue weighted by molar-refractivity contribution is 5.97. The van der Waals surface area contributed by atoms with Crippen LogP contribution in [0.4, 0.5) is 0 Å². The fraction of sp³-hybridized carbons (Fsp3) is 0.258. The molecule has 14 rings (SSSR count). The van der Waals surface area contributed by atoms with E-state index in [0.29, 0.717) is 44.6 Å². The Morgan fingerprint density at radius 3 is 1.12 bits per heavy atom. The maximum Gasteiger partial charge on any atom is 0.266 e. The lowest BCUT2D eigenvalue weighted by Crippen LogP contribution is -2.55. The fourth-order valence-electron chi connectivity index (χ4n) is 13.0. The minimum absolute atomic E-state index is 0.0153. The number of hydrogen-bond donors (Lipinski definition) is 2. The van der Waals surface area contributed by atoms with Crippen LogP contribution in [0.3, 0.4) is 0 Å². The topological polar surface area (TPSA) is 171 Å². The molecule has 4 heterocycles. The number of fused-ring (bicyclic) bond motifs is 6. The molecule has 370 valence electrons. The first kappa shape index (κ1) is 45.5. The van der Waals surface area contributed by atoms with Crippen LogP contribution in [0.25, 0.3) is 83.0 Å². The van der Waals surface area contributed by atoms with Gasteiger partial charge in [0.25, 0.3) is 22.2 Å². The van der Waals surface area contributed by atoms with Crippen molar-refractivity contribution in [1.82, 2.24) is 9.13 Å². The van der Waals surface area contributed by atoms with E-state index in [-0.39, 0.29) is 78.3 Å². The van der Waals surface area contributed by atoms with Gasteiger partial charge in [0.15, 0.2) is 44.7 Å². The van der Waals surface area contributed by atoms with Crippen molar-refractivity contribution in [3.63, 3.8) is 0 Å². The minimum atomic E-state index is -0.753. The van der Waals surface area contributed by atoms with Gasteiger partial charge in [-0.3, -0.25) is 23.7 Å². The van der Waals surface area contributed by atoms with Crippen molar-refractivity contribution in [3.05, 3.63) is 190 Å². The molecule has 0 saturated heterocycles. The van der Waals surface area contributed by atoms with Crippen molar-refractivity contribution < 1.29 is 27.9 Å². The second-order valence-electron chi connectivity index (χ2n) is 23.0. The smallest absolute Gasteiger partial charge is 0.266 e. The van der Waals surface area contributed by atoms with Crippen LogP contribution in [0.5, 0.6) is 11.5 Å². The highest BCUT2D eigenvalue weighted by Crippen LogP contribution is 2.67. The molecule has 4 aromatic heterocycles. The highest BCUT2D eigenvalue weighted by atomic mass is 16.4. The van der Waals surface area contributed by atoms with Crippen LogP contribution >= 0.6 is 0 Å². The van der Waals surface area contributed by atoms with Gasteiger partial charge in [-0.05, 0) is 155 Å². The number of nitrogens with zero attached hydrogens (tertiary/aromatic N) is 2. The van der Waals surface area contributed by atoms with Crippen LogP contribution in [0.2, 0.25) is 0 Å². The molecule has 0 spiro atoms. The SMILES string of the molecule is CC(C)C12c3ccccc3C(C(C)C)(c3cc4oc5cc6c(=O)n(-c7ccc(-c8ccc(C(C)(C)C)c(O)c8)cc7O)c(=O)c6cc5oc4cc31)c1cc3oc4cc5c(=O)n(C(C)(C)C)c(=O)c5cc4oc3cc12. The molecule has 12 heteroatoms. The van der Waals surface area contributed by atoms with Gasteiger partial charge in [-0.1, -0.05) is 90.9 Å². The first-order valence-electron chi connectivity index (χ1n) is 25.0. The molecule has 2 bridgehead atoms. The molecule has 2 N–H and O–H groups in total. The van der Waals surface area contributed by atoms with E-state index in [0.717, 1.165) is 43.5 Å². The van der Waals surface area contributed by atoms with E-state index >= 15 is 0 Å². The monoisotopic (exact) mass is 984 g/mol. The molecular weight excluding hydrogens is 933 g/mol. The second-order valence-corrected chi connectivity index (χ2v) is 23.0. The molecule has 2 atom stereocenters. The molecule has 0 radical (unpaired) electrons. The molecule has 12 nitrogen and oxygen atoms in total. The Morgan fingerprint density at radius 2 is 0.784 bits per heavy atom. The normalized spacial score (nSPS) is 17.5. The number of aromatic nitrogens is 2. The van der Waals surface area contributed by atoms with E-state index < -0.39 is 27.5 Å². The van der Waals surface area contributed by atoms with Gasteiger partial charge >= 0.3 is 0 Å². The summed E-state index contributed by atoms with van der Waals surface area (Å²) in [5, 5.41) is 23.0. The van der Waals surface area contributed by atoms with E-state index in [9.17, 15) is 29.4 Å². The molecule has 74 heavy (non-hydrogen) atoms. The van der Waals surface area contributed by atoms with Gasteiger partial charge < -0.3 is 27.9 Å². The third-order valence-corrected chi connectivity index (χ3v) is 16.2. The number of aromatic hydroxyl groups is 2. The van der Waals surface area contributed by atoms with Gasteiger partial charge in [-0.15, -0.1) is 0 Å². The van der Waals surface area contributed by atoms with Crippen LogP contribution in [0.15, 0.2) is 146 Å². The summed E-state index contributed by atoms with van der Waals surface area (Å²) in [6.45, 7) is 20.4. The summed E-state index contributed by atoms with van der Waals surface area (Å²) >= 11 is 0. The maximum atomic E-state index is 14.3. The van der Waals surface area contributed by atoms with Gasteiger partial charge in [-0.25, -0.2) is 4.57 Å². The molecule has 0 amide bonds. The van der Waals surface area contributed by atoms with Gasteiger partial charge in [0.05, 0.1) is 27.2 Å². The van der Waals surface area contributed by atoms with Crippen molar-refractivity contribution in [3.8, 4) is 28.3 Å². The summed E-state index contributed by atoms with van der Waals surface area (Å²) in [5.41, 5.74) is 6.99. The number of rotatable bonds is 4. The largest absolute Gasteiger partial charge is 0.508 e. The van der Waals surface area contributed by atoms with Gasteiger partial charge in [0.1, 0.15) is 11.5 Å². The molecule has 0 aliphatic heterocycles. The predicted octanol–water partition coefficient (Wildman–Crippen LogP) is 12.7. The van der Waals surface area contributed by atoms with Crippen molar-refractivity contribution in [1.29, 1.82) is 0 Å². The third-order valence-electron chi connectivity index (χ3n) is 16.2. The Bertz CT molecular complexity index is 4370. The van der Waals surface area contributed by atoms with E-state index in [1.807, 2.05) is 53.7 Å². The Hall–Kier alpha value is -8.38. The molecule has 0 saturated carbocycles. The van der Waals surface area contributed by atoms with Crippen LogP contribution in [0, 0.1) is 11.8 Å². The summed E-state index contributed by atoms with van der Waals surface area (Å²) in [4.78, 5) is 55.9. The minimum Gasteiger partial charge on any atom is -0.508 e. The lowest BCUT2D eigenvalue weighted by Gasteiger charge is -2.59. The van der Waals surface area contributed by atoms with Crippen molar-refractivity contribution in [2.45, 2.75) is 91.0 Å². The van der Waals surface area contributed by atoms with Crippen LogP contribution in [-0.4, -0.2) is 19.3 Å². The maximum absolute atomic E-state index is 14.3. The predicted molar refractivity (Wildman–Crippen MR) is 288 cm³/mol. The van der Waals surface area contributed by atoms with E-state index in [2.05, 4.69) is 76.2 Å². The highest BCUT2D eigenvalue weighted by Gasteiger charge is 2.61. The zero-order chi connectivity index (χ0) is 52.0. The Morgan fingerprint density at radius 1 is 0.432 bits per heavy atom. The van der Waals surface area contributed by atoms with Gasteiger partial charge in [-0.2, -0.15) is 0 Å². The van der Waals surface area contributed by atoms with E-state index in [1.165, 1.54) is 28.8 Å². The van der Waals surface area contributed by atoms with Crippen LogP contribution in [0.1, 0.15) is 108 Å². The van der Waals surface area contributed by atoms with Crippen molar-refractivity contribution in [2.75, 3.05) is 0 Å². The number of benzene rings is 7. The average Bonchev–Trinajstić information content (AvgIpc) is 3.73. The first-order valence-corrected chi connectivity index (χ1v) is 25.0. The summed E-state index contributed by atoms with van der Waals surface area (Å²) < 4.78 is 29.2. The van der Waals surface area contributed by atoms with Gasteiger partial charge in [0.2, 0.25) is 0 Å². The van der Waals surface area contributed by atoms with Crippen LogP contribution in [-0.2, 0) is 21.8 Å². The summed E-state index contributed by atoms with van der Waals surface area (Å²) in [6, 6.07) is 33.2. The Kier molecular flexibility index (Phi) is 9.00. The summed E-state index contributed by atoms with van der Waals surface area (Å²) in [5.74, 6) is -0.217. The second kappa shape index (κ2) is 14.6. The van der Waals surface area contributed by atoms with Crippen molar-refractivity contribution in [2.24, 2.45) is 11.8 Å². The molecule has 2 unspecified atom stereocenters. The molecule has 3 aliphatic rings.